The number of hydrogen-bond acceptors (Lipinski definition) is 3. The van der Waals surface area contributed by atoms with Gasteiger partial charge in [0.1, 0.15) is 0 Å². The lowest BCUT2D eigenvalue weighted by Crippen LogP contribution is -2.40. The quantitative estimate of drug-likeness (QED) is 0.719. The molecule has 1 fully saturated rings. The van der Waals surface area contributed by atoms with E-state index >= 15 is 0 Å². The maximum Gasteiger partial charge on any atom is 0.255 e. The van der Waals surface area contributed by atoms with Crippen LogP contribution in [0.1, 0.15) is 54.9 Å². The van der Waals surface area contributed by atoms with Crippen LogP contribution in [0, 0.1) is 0 Å². The van der Waals surface area contributed by atoms with Crippen LogP contribution in [0.15, 0.2) is 48.5 Å². The van der Waals surface area contributed by atoms with Crippen LogP contribution in [0.2, 0.25) is 5.02 Å². The third-order valence-corrected chi connectivity index (χ3v) is 7.28. The molecule has 1 amide bonds. The molecule has 2 aromatic carbocycles. The van der Waals surface area contributed by atoms with E-state index in [2.05, 4.69) is 10.0 Å². The molecule has 0 bridgehead atoms. The van der Waals surface area contributed by atoms with Crippen molar-refractivity contribution in [2.24, 2.45) is 0 Å². The number of amides is 1. The second-order valence-electron chi connectivity index (χ2n) is 7.44. The van der Waals surface area contributed by atoms with Gasteiger partial charge in [-0.15, -0.1) is 0 Å². The third-order valence-electron chi connectivity index (χ3n) is 5.16. The summed E-state index contributed by atoms with van der Waals surface area (Å²) in [7, 11) is -3.30. The highest BCUT2D eigenvalue weighted by atomic mass is 35.5. The van der Waals surface area contributed by atoms with Crippen LogP contribution in [0.3, 0.4) is 0 Å². The topological polar surface area (TPSA) is 75.3 Å². The number of carbonyl (C=O) groups is 1. The Kier molecular flexibility index (Phi) is 6.43. The highest BCUT2D eigenvalue weighted by Gasteiger charge is 2.32. The van der Waals surface area contributed by atoms with Gasteiger partial charge in [0, 0.05) is 28.2 Å². The third kappa shape index (κ3) is 4.93. The van der Waals surface area contributed by atoms with Crippen molar-refractivity contribution in [1.82, 2.24) is 4.72 Å². The number of nitrogens with one attached hydrogen (secondary N) is 2. The first-order valence-corrected chi connectivity index (χ1v) is 11.4. The highest BCUT2D eigenvalue weighted by molar-refractivity contribution is 7.90. The molecular formula is C21H25ClN2O3S. The molecule has 1 saturated carbocycles. The molecule has 2 atom stereocenters. The summed E-state index contributed by atoms with van der Waals surface area (Å²) in [5.74, 6) is -0.0533. The first-order chi connectivity index (χ1) is 13.3. The molecule has 1 aliphatic rings. The minimum Gasteiger partial charge on any atom is -0.322 e. The highest BCUT2D eigenvalue weighted by Crippen LogP contribution is 2.35. The minimum atomic E-state index is -3.30. The molecule has 0 aromatic heterocycles. The summed E-state index contributed by atoms with van der Waals surface area (Å²) in [5.41, 5.74) is 2.31. The van der Waals surface area contributed by atoms with Gasteiger partial charge in [0.2, 0.25) is 10.0 Å². The Labute approximate surface area is 171 Å². The van der Waals surface area contributed by atoms with Gasteiger partial charge < -0.3 is 5.32 Å². The van der Waals surface area contributed by atoms with E-state index < -0.39 is 15.3 Å². The molecule has 1 aliphatic carbocycles. The van der Waals surface area contributed by atoms with Gasteiger partial charge in [0.15, 0.2) is 0 Å². The number of benzene rings is 2. The minimum absolute atomic E-state index is 0.0816. The Balaban J connectivity index is 1.68. The summed E-state index contributed by atoms with van der Waals surface area (Å²) < 4.78 is 27.3. The normalized spacial score (nSPS) is 19.7. The molecule has 0 radical (unpaired) electrons. The van der Waals surface area contributed by atoms with Crippen molar-refractivity contribution in [2.45, 2.75) is 50.3 Å². The molecule has 0 saturated heterocycles. The zero-order chi connectivity index (χ0) is 20.3. The van der Waals surface area contributed by atoms with Gasteiger partial charge in [0.05, 0.1) is 5.25 Å². The van der Waals surface area contributed by atoms with Crippen LogP contribution in [0.4, 0.5) is 5.69 Å². The van der Waals surface area contributed by atoms with Crippen LogP contribution < -0.4 is 10.0 Å². The van der Waals surface area contributed by atoms with E-state index in [1.807, 2.05) is 24.3 Å². The van der Waals surface area contributed by atoms with E-state index in [0.29, 0.717) is 16.3 Å². The fourth-order valence-electron chi connectivity index (χ4n) is 3.47. The van der Waals surface area contributed by atoms with Crippen LogP contribution >= 0.6 is 11.6 Å². The molecule has 0 heterocycles. The summed E-state index contributed by atoms with van der Waals surface area (Å²) in [5, 5.41) is 3.00. The summed E-state index contributed by atoms with van der Waals surface area (Å²) in [6, 6.07) is 14.3. The van der Waals surface area contributed by atoms with Gasteiger partial charge in [-0.3, -0.25) is 4.79 Å². The summed E-state index contributed by atoms with van der Waals surface area (Å²) >= 11 is 5.85. The Hall–Kier alpha value is -1.89. The van der Waals surface area contributed by atoms with Crippen LogP contribution in [0.25, 0.3) is 0 Å². The molecule has 3 rings (SSSR count). The van der Waals surface area contributed by atoms with Gasteiger partial charge in [-0.2, -0.15) is 0 Å². The molecule has 2 N–H and O–H groups in total. The van der Waals surface area contributed by atoms with Crippen LogP contribution in [-0.2, 0) is 10.0 Å². The van der Waals surface area contributed by atoms with Crippen molar-refractivity contribution in [1.29, 1.82) is 0 Å². The average Bonchev–Trinajstić information content (AvgIpc) is 3.10. The Bertz CT molecular complexity index is 925. The van der Waals surface area contributed by atoms with E-state index in [4.69, 9.17) is 11.6 Å². The molecular weight excluding hydrogens is 396 g/mol. The Morgan fingerprint density at radius 2 is 1.68 bits per heavy atom. The number of halogens is 1. The zero-order valence-electron chi connectivity index (χ0n) is 16.0. The molecule has 150 valence electrons. The van der Waals surface area contributed by atoms with Gasteiger partial charge >= 0.3 is 0 Å². The zero-order valence-corrected chi connectivity index (χ0v) is 17.6. The number of carbonyl (C=O) groups excluding carboxylic acids is 1. The van der Waals surface area contributed by atoms with Crippen LogP contribution in [-0.4, -0.2) is 25.6 Å². The molecule has 2 aromatic rings. The van der Waals surface area contributed by atoms with E-state index in [9.17, 15) is 13.2 Å². The maximum atomic E-state index is 12.3. The number of rotatable bonds is 6. The lowest BCUT2D eigenvalue weighted by Gasteiger charge is -2.23. The predicted octanol–water partition coefficient (Wildman–Crippen LogP) is 4.56. The Morgan fingerprint density at radius 1 is 1.04 bits per heavy atom. The van der Waals surface area contributed by atoms with E-state index in [1.165, 1.54) is 0 Å². The lowest BCUT2D eigenvalue weighted by molar-refractivity contribution is 0.102. The van der Waals surface area contributed by atoms with E-state index in [-0.39, 0.29) is 17.9 Å². The molecule has 0 spiro atoms. The fraction of sp³-hybridized carbons (Fsp3) is 0.381. The maximum absolute atomic E-state index is 12.3. The lowest BCUT2D eigenvalue weighted by atomic mass is 9.94. The van der Waals surface area contributed by atoms with Crippen molar-refractivity contribution in [3.05, 3.63) is 64.7 Å². The number of sulfonamides is 1. The number of anilines is 1. The second kappa shape index (κ2) is 8.64. The van der Waals surface area contributed by atoms with Gasteiger partial charge in [0.25, 0.3) is 5.91 Å². The molecule has 2 unspecified atom stereocenters. The van der Waals surface area contributed by atoms with Gasteiger partial charge in [-0.25, -0.2) is 13.1 Å². The van der Waals surface area contributed by atoms with Crippen molar-refractivity contribution in [3.63, 3.8) is 0 Å². The number of hydrogen-bond donors (Lipinski definition) is 2. The van der Waals surface area contributed by atoms with Gasteiger partial charge in [-0.05, 0) is 68.7 Å². The van der Waals surface area contributed by atoms with Gasteiger partial charge in [-0.1, -0.05) is 30.2 Å². The average molecular weight is 421 g/mol. The van der Waals surface area contributed by atoms with E-state index in [0.717, 1.165) is 24.8 Å². The molecule has 7 heteroatoms. The monoisotopic (exact) mass is 420 g/mol. The second-order valence-corrected chi connectivity index (χ2v) is 10.1. The van der Waals surface area contributed by atoms with Crippen molar-refractivity contribution in [2.75, 3.05) is 5.32 Å². The smallest absolute Gasteiger partial charge is 0.255 e. The fourth-order valence-corrected chi connectivity index (χ4v) is 4.57. The summed E-state index contributed by atoms with van der Waals surface area (Å²) in [6.45, 7) is 3.37. The first-order valence-electron chi connectivity index (χ1n) is 9.44. The SMILES string of the molecule is CC(C)S(=O)(=O)NC1CCCC1c1ccc(NC(=O)c2ccc(Cl)cc2)cc1. The van der Waals surface area contributed by atoms with Crippen molar-refractivity contribution >= 4 is 33.2 Å². The van der Waals surface area contributed by atoms with Crippen LogP contribution in [0.5, 0.6) is 0 Å². The first kappa shape index (κ1) is 20.8. The van der Waals surface area contributed by atoms with Crippen molar-refractivity contribution < 1.29 is 13.2 Å². The standard InChI is InChI=1S/C21H25ClN2O3S/c1-14(2)28(26,27)24-20-5-3-4-19(20)15-8-12-18(13-9-15)23-21(25)16-6-10-17(22)11-7-16/h6-14,19-20,24H,3-5H2,1-2H3,(H,23,25). The summed E-state index contributed by atoms with van der Waals surface area (Å²) in [4.78, 5) is 12.3. The predicted molar refractivity (Wildman–Crippen MR) is 113 cm³/mol. The van der Waals surface area contributed by atoms with E-state index in [1.54, 1.807) is 38.1 Å². The molecule has 5 nitrogen and oxygen atoms in total. The summed E-state index contributed by atoms with van der Waals surface area (Å²) in [6.07, 6.45) is 2.78. The largest absolute Gasteiger partial charge is 0.322 e. The molecule has 28 heavy (non-hydrogen) atoms. The molecule has 0 aliphatic heterocycles. The Morgan fingerprint density at radius 3 is 2.29 bits per heavy atom. The van der Waals surface area contributed by atoms with Crippen molar-refractivity contribution in [3.8, 4) is 0 Å².